The number of hydrogen-bond donors (Lipinski definition) is 0. The summed E-state index contributed by atoms with van der Waals surface area (Å²) < 4.78 is 0. The Labute approximate surface area is 71.4 Å². The zero-order chi connectivity index (χ0) is 8.65. The lowest BCUT2D eigenvalue weighted by Crippen LogP contribution is -2.33. The van der Waals surface area contributed by atoms with Gasteiger partial charge in [0.1, 0.15) is 0 Å². The van der Waals surface area contributed by atoms with Crippen molar-refractivity contribution in [2.45, 2.75) is 47.5 Å². The summed E-state index contributed by atoms with van der Waals surface area (Å²) in [5.74, 6) is 2.79. The molecule has 1 unspecified atom stereocenters. The van der Waals surface area contributed by atoms with Gasteiger partial charge in [0.15, 0.2) is 0 Å². The lowest BCUT2D eigenvalue weighted by atomic mass is 9.63. The molecule has 0 heteroatoms. The highest BCUT2D eigenvalue weighted by atomic mass is 14.4. The van der Waals surface area contributed by atoms with Gasteiger partial charge in [-0.2, -0.15) is 0 Å². The Morgan fingerprint density at radius 2 is 1.55 bits per heavy atom. The summed E-state index contributed by atoms with van der Waals surface area (Å²) in [6, 6.07) is 0. The molecule has 0 spiro atoms. The van der Waals surface area contributed by atoms with Gasteiger partial charge in [-0.25, -0.2) is 0 Å². The number of hydrogen-bond acceptors (Lipinski definition) is 0. The fraction of sp³-hybridized carbons (Fsp3) is 1.00. The Balaban J connectivity index is 2.63. The van der Waals surface area contributed by atoms with E-state index in [1.165, 1.54) is 12.8 Å². The van der Waals surface area contributed by atoms with Crippen LogP contribution in [0.3, 0.4) is 0 Å². The molecule has 0 aromatic rings. The van der Waals surface area contributed by atoms with Crippen molar-refractivity contribution < 1.29 is 0 Å². The average molecular weight is 154 g/mol. The van der Waals surface area contributed by atoms with Gasteiger partial charge in [0.05, 0.1) is 0 Å². The zero-order valence-corrected chi connectivity index (χ0v) is 8.65. The van der Waals surface area contributed by atoms with Gasteiger partial charge in [-0.15, -0.1) is 0 Å². The van der Waals surface area contributed by atoms with Crippen molar-refractivity contribution in [2.75, 3.05) is 0 Å². The Hall–Kier alpha value is 0. The minimum atomic E-state index is 0.589. The first-order valence-corrected chi connectivity index (χ1v) is 4.93. The van der Waals surface area contributed by atoms with Gasteiger partial charge in [0.2, 0.25) is 0 Å². The van der Waals surface area contributed by atoms with E-state index in [-0.39, 0.29) is 0 Å². The topological polar surface area (TPSA) is 0 Å². The minimum absolute atomic E-state index is 0.589. The van der Waals surface area contributed by atoms with Crippen molar-refractivity contribution in [1.82, 2.24) is 0 Å². The molecule has 1 fully saturated rings. The molecule has 0 aromatic heterocycles. The van der Waals surface area contributed by atoms with Crippen LogP contribution in [0.5, 0.6) is 0 Å². The molecule has 0 nitrogen and oxygen atoms in total. The first-order valence-electron chi connectivity index (χ1n) is 4.93. The summed E-state index contributed by atoms with van der Waals surface area (Å²) in [6.45, 7) is 12.0. The van der Waals surface area contributed by atoms with E-state index >= 15 is 0 Å². The van der Waals surface area contributed by atoms with E-state index < -0.39 is 0 Å². The van der Waals surface area contributed by atoms with Crippen LogP contribution in [-0.4, -0.2) is 0 Å². The molecular formula is C11H22. The van der Waals surface area contributed by atoms with Crippen LogP contribution in [0.2, 0.25) is 0 Å². The SMILES string of the molecule is CC1C[C@@H](C)C(C)(C)C[C@@H]1C. The van der Waals surface area contributed by atoms with E-state index in [0.29, 0.717) is 5.41 Å². The molecule has 1 saturated carbocycles. The average Bonchev–Trinajstić information content (AvgIpc) is 1.83. The fourth-order valence-electron chi connectivity index (χ4n) is 2.34. The predicted octanol–water partition coefficient (Wildman–Crippen LogP) is 3.71. The third-order valence-corrected chi connectivity index (χ3v) is 3.88. The summed E-state index contributed by atoms with van der Waals surface area (Å²) in [5.41, 5.74) is 0.589. The van der Waals surface area contributed by atoms with Crippen molar-refractivity contribution >= 4 is 0 Å². The Morgan fingerprint density at radius 3 is 2.00 bits per heavy atom. The molecule has 3 atom stereocenters. The molecule has 0 amide bonds. The largest absolute Gasteiger partial charge is 0.0622 e. The standard InChI is InChI=1S/C11H22/c1-8-6-10(3)11(4,5)7-9(8)2/h8-10H,6-7H2,1-5H3/t8?,9-,10+/m0/s1. The van der Waals surface area contributed by atoms with Gasteiger partial charge in [-0.05, 0) is 36.0 Å². The Morgan fingerprint density at radius 1 is 1.00 bits per heavy atom. The fourth-order valence-corrected chi connectivity index (χ4v) is 2.34. The van der Waals surface area contributed by atoms with Gasteiger partial charge in [-0.1, -0.05) is 34.6 Å². The molecule has 0 heterocycles. The van der Waals surface area contributed by atoms with E-state index in [0.717, 1.165) is 17.8 Å². The molecule has 0 aliphatic heterocycles. The zero-order valence-electron chi connectivity index (χ0n) is 8.65. The first kappa shape index (κ1) is 9.09. The van der Waals surface area contributed by atoms with E-state index in [1.807, 2.05) is 0 Å². The van der Waals surface area contributed by atoms with Crippen LogP contribution in [0.1, 0.15) is 47.5 Å². The summed E-state index contributed by atoms with van der Waals surface area (Å²) in [5, 5.41) is 0. The van der Waals surface area contributed by atoms with Gasteiger partial charge in [0, 0.05) is 0 Å². The van der Waals surface area contributed by atoms with Crippen LogP contribution in [0.4, 0.5) is 0 Å². The van der Waals surface area contributed by atoms with E-state index in [2.05, 4.69) is 34.6 Å². The quantitative estimate of drug-likeness (QED) is 0.499. The van der Waals surface area contributed by atoms with Crippen molar-refractivity contribution in [3.8, 4) is 0 Å². The van der Waals surface area contributed by atoms with Crippen molar-refractivity contribution in [1.29, 1.82) is 0 Å². The Bertz CT molecular complexity index is 135. The van der Waals surface area contributed by atoms with Crippen LogP contribution in [-0.2, 0) is 0 Å². The maximum Gasteiger partial charge on any atom is -0.0326 e. The lowest BCUT2D eigenvalue weighted by molar-refractivity contribution is 0.0733. The second kappa shape index (κ2) is 2.80. The third kappa shape index (κ3) is 1.77. The lowest BCUT2D eigenvalue weighted by Gasteiger charge is -2.43. The first-order chi connectivity index (χ1) is 4.93. The molecule has 0 radical (unpaired) electrons. The van der Waals surface area contributed by atoms with E-state index in [4.69, 9.17) is 0 Å². The van der Waals surface area contributed by atoms with Crippen molar-refractivity contribution in [2.24, 2.45) is 23.2 Å². The van der Waals surface area contributed by atoms with Crippen molar-refractivity contribution in [3.63, 3.8) is 0 Å². The summed E-state index contributed by atoms with van der Waals surface area (Å²) in [6.07, 6.45) is 2.84. The van der Waals surface area contributed by atoms with Gasteiger partial charge in [0.25, 0.3) is 0 Å². The maximum atomic E-state index is 2.42. The number of rotatable bonds is 0. The predicted molar refractivity (Wildman–Crippen MR) is 50.5 cm³/mol. The van der Waals surface area contributed by atoms with Gasteiger partial charge >= 0.3 is 0 Å². The molecule has 66 valence electrons. The van der Waals surface area contributed by atoms with Crippen molar-refractivity contribution in [3.05, 3.63) is 0 Å². The van der Waals surface area contributed by atoms with Gasteiger partial charge < -0.3 is 0 Å². The van der Waals surface area contributed by atoms with Gasteiger partial charge in [-0.3, -0.25) is 0 Å². The highest BCUT2D eigenvalue weighted by molar-refractivity contribution is 4.85. The minimum Gasteiger partial charge on any atom is -0.0622 e. The van der Waals surface area contributed by atoms with Crippen LogP contribution in [0.15, 0.2) is 0 Å². The second-order valence-corrected chi connectivity index (χ2v) is 5.28. The smallest absolute Gasteiger partial charge is 0.0326 e. The Kier molecular flexibility index (Phi) is 2.32. The monoisotopic (exact) mass is 154 g/mol. The normalized spacial score (nSPS) is 43.9. The van der Waals surface area contributed by atoms with Crippen LogP contribution in [0, 0.1) is 23.2 Å². The molecule has 1 aliphatic carbocycles. The molecule has 0 N–H and O–H groups in total. The van der Waals surface area contributed by atoms with Crippen LogP contribution < -0.4 is 0 Å². The second-order valence-electron chi connectivity index (χ2n) is 5.28. The summed E-state index contributed by atoms with van der Waals surface area (Å²) >= 11 is 0. The summed E-state index contributed by atoms with van der Waals surface area (Å²) in [4.78, 5) is 0. The highest BCUT2D eigenvalue weighted by Gasteiger charge is 2.35. The maximum absolute atomic E-state index is 2.42. The molecule has 11 heavy (non-hydrogen) atoms. The molecule has 0 bridgehead atoms. The molecule has 0 saturated heterocycles. The van der Waals surface area contributed by atoms with E-state index in [1.54, 1.807) is 0 Å². The molecule has 1 rings (SSSR count). The molecule has 0 aromatic carbocycles. The third-order valence-electron chi connectivity index (χ3n) is 3.88. The van der Waals surface area contributed by atoms with Crippen LogP contribution >= 0.6 is 0 Å². The molecule has 1 aliphatic rings. The van der Waals surface area contributed by atoms with E-state index in [9.17, 15) is 0 Å². The molecular weight excluding hydrogens is 132 g/mol. The highest BCUT2D eigenvalue weighted by Crippen LogP contribution is 2.45. The van der Waals surface area contributed by atoms with Crippen LogP contribution in [0.25, 0.3) is 0 Å². The summed E-state index contributed by atoms with van der Waals surface area (Å²) in [7, 11) is 0.